The summed E-state index contributed by atoms with van der Waals surface area (Å²) in [5.41, 5.74) is 1.92. The molecule has 1 amide bonds. The van der Waals surface area contributed by atoms with Crippen LogP contribution < -0.4 is 5.32 Å². The first-order chi connectivity index (χ1) is 12.1. The largest absolute Gasteiger partial charge is 0.390 e. The minimum atomic E-state index is -0.583. The van der Waals surface area contributed by atoms with E-state index in [1.807, 2.05) is 36.5 Å². The highest BCUT2D eigenvalue weighted by Gasteiger charge is 2.28. The molecule has 1 saturated heterocycles. The van der Waals surface area contributed by atoms with Crippen LogP contribution in [0.3, 0.4) is 0 Å². The topological polar surface area (TPSA) is 65.5 Å². The van der Waals surface area contributed by atoms with Crippen molar-refractivity contribution in [2.24, 2.45) is 0 Å². The lowest BCUT2D eigenvalue weighted by Gasteiger charge is -2.36. The Bertz CT molecular complexity index is 711. The molecular formula is C19H22ClN3O2. The Morgan fingerprint density at radius 2 is 2.16 bits per heavy atom. The predicted molar refractivity (Wildman–Crippen MR) is 97.2 cm³/mol. The fourth-order valence-electron chi connectivity index (χ4n) is 3.13. The van der Waals surface area contributed by atoms with Crippen LogP contribution >= 0.6 is 11.6 Å². The molecule has 1 aliphatic rings. The number of carbonyl (C=O) groups is 1. The molecule has 5 nitrogen and oxygen atoms in total. The van der Waals surface area contributed by atoms with E-state index in [1.165, 1.54) is 0 Å². The Morgan fingerprint density at radius 1 is 1.32 bits per heavy atom. The molecule has 0 saturated carbocycles. The number of hydrogen-bond acceptors (Lipinski definition) is 4. The first-order valence-corrected chi connectivity index (χ1v) is 8.81. The lowest BCUT2D eigenvalue weighted by atomic mass is 10.0. The molecule has 2 heterocycles. The minimum absolute atomic E-state index is 0.113. The van der Waals surface area contributed by atoms with Gasteiger partial charge in [-0.3, -0.25) is 14.7 Å². The van der Waals surface area contributed by atoms with E-state index in [-0.39, 0.29) is 18.4 Å². The number of pyridine rings is 1. The third-order valence-electron chi connectivity index (χ3n) is 4.45. The zero-order valence-corrected chi connectivity index (χ0v) is 14.7. The molecule has 1 aromatic heterocycles. The van der Waals surface area contributed by atoms with Crippen LogP contribution in [0, 0.1) is 0 Å². The van der Waals surface area contributed by atoms with Crippen molar-refractivity contribution in [3.05, 3.63) is 64.9 Å². The number of aliphatic hydroxyl groups is 1. The van der Waals surface area contributed by atoms with E-state index in [4.69, 9.17) is 11.6 Å². The lowest BCUT2D eigenvalue weighted by Crippen LogP contribution is -2.54. The molecular weight excluding hydrogens is 338 g/mol. The van der Waals surface area contributed by atoms with E-state index >= 15 is 0 Å². The summed E-state index contributed by atoms with van der Waals surface area (Å²) in [4.78, 5) is 18.5. The Morgan fingerprint density at radius 3 is 2.88 bits per heavy atom. The van der Waals surface area contributed by atoms with Gasteiger partial charge in [-0.05, 0) is 29.7 Å². The number of carbonyl (C=O) groups excluding carboxylic acids is 1. The molecule has 2 atom stereocenters. The van der Waals surface area contributed by atoms with Crippen molar-refractivity contribution >= 4 is 17.5 Å². The van der Waals surface area contributed by atoms with E-state index in [0.717, 1.165) is 30.6 Å². The molecule has 0 aliphatic carbocycles. The summed E-state index contributed by atoms with van der Waals surface area (Å²) in [7, 11) is 0. The summed E-state index contributed by atoms with van der Waals surface area (Å²) in [6.45, 7) is 2.11. The minimum Gasteiger partial charge on any atom is -0.390 e. The molecule has 2 aromatic rings. The van der Waals surface area contributed by atoms with Gasteiger partial charge in [0.1, 0.15) is 0 Å². The van der Waals surface area contributed by atoms with E-state index in [1.54, 1.807) is 12.3 Å². The number of β-amino-alcohol motifs (C(OH)–C–C–N with tert-alkyl or cyclic N) is 1. The fourth-order valence-corrected chi connectivity index (χ4v) is 3.33. The second-order valence-electron chi connectivity index (χ2n) is 6.39. The van der Waals surface area contributed by atoms with Crippen LogP contribution in [0.15, 0.2) is 48.8 Å². The summed E-state index contributed by atoms with van der Waals surface area (Å²) in [5.74, 6) is -0.113. The molecule has 132 valence electrons. The number of hydrogen-bond donors (Lipinski definition) is 2. The highest BCUT2D eigenvalue weighted by Crippen LogP contribution is 2.17. The van der Waals surface area contributed by atoms with Crippen molar-refractivity contribution in [2.75, 3.05) is 13.1 Å². The van der Waals surface area contributed by atoms with Crippen LogP contribution in [0.4, 0.5) is 0 Å². The average molecular weight is 360 g/mol. The molecule has 25 heavy (non-hydrogen) atoms. The van der Waals surface area contributed by atoms with Crippen molar-refractivity contribution in [3.8, 4) is 0 Å². The molecule has 0 radical (unpaired) electrons. The number of aromatic nitrogens is 1. The monoisotopic (exact) mass is 359 g/mol. The normalized spacial score (nSPS) is 21.0. The number of aliphatic hydroxyl groups excluding tert-OH is 1. The van der Waals surface area contributed by atoms with Gasteiger partial charge in [-0.15, -0.1) is 0 Å². The van der Waals surface area contributed by atoms with E-state index < -0.39 is 6.10 Å². The zero-order valence-electron chi connectivity index (χ0n) is 13.9. The first kappa shape index (κ1) is 17.9. The molecule has 2 N–H and O–H groups in total. The van der Waals surface area contributed by atoms with Gasteiger partial charge in [0.15, 0.2) is 0 Å². The third-order valence-corrected chi connectivity index (χ3v) is 4.82. The van der Waals surface area contributed by atoms with Gasteiger partial charge in [-0.25, -0.2) is 0 Å². The Balaban J connectivity index is 1.50. The standard InChI is InChI=1S/C19H22ClN3O2/c20-16-6-2-1-5-15(16)10-19(25)22-17-7-9-23(13-18(17)24)12-14-4-3-8-21-11-14/h1-6,8,11,17-18,24H,7,9-10,12-13H2,(H,22,25)/t17-,18-/m1/s1. The summed E-state index contributed by atoms with van der Waals surface area (Å²) < 4.78 is 0. The molecule has 1 aliphatic heterocycles. The Labute approximate surface area is 152 Å². The molecule has 3 rings (SSSR count). The maximum atomic E-state index is 12.2. The van der Waals surface area contributed by atoms with Gasteiger partial charge < -0.3 is 10.4 Å². The van der Waals surface area contributed by atoms with Gasteiger partial charge in [0.2, 0.25) is 5.91 Å². The highest BCUT2D eigenvalue weighted by molar-refractivity contribution is 6.31. The second kappa shape index (κ2) is 8.43. The molecule has 1 aromatic carbocycles. The highest BCUT2D eigenvalue weighted by atomic mass is 35.5. The number of nitrogens with one attached hydrogen (secondary N) is 1. The molecule has 1 fully saturated rings. The number of benzene rings is 1. The number of likely N-dealkylation sites (tertiary alicyclic amines) is 1. The molecule has 0 spiro atoms. The van der Waals surface area contributed by atoms with Crippen LogP contribution in [0.1, 0.15) is 17.5 Å². The molecule has 0 bridgehead atoms. The van der Waals surface area contributed by atoms with Crippen molar-refractivity contribution in [1.82, 2.24) is 15.2 Å². The van der Waals surface area contributed by atoms with Gasteiger partial charge in [-0.2, -0.15) is 0 Å². The smallest absolute Gasteiger partial charge is 0.224 e. The number of piperidine rings is 1. The number of nitrogens with zero attached hydrogens (tertiary/aromatic N) is 2. The second-order valence-corrected chi connectivity index (χ2v) is 6.80. The van der Waals surface area contributed by atoms with Gasteiger partial charge in [0.05, 0.1) is 18.6 Å². The van der Waals surface area contributed by atoms with Crippen LogP contribution in [-0.4, -0.2) is 46.1 Å². The van der Waals surface area contributed by atoms with Gasteiger partial charge in [0, 0.05) is 37.1 Å². The van der Waals surface area contributed by atoms with E-state index in [0.29, 0.717) is 11.6 Å². The summed E-state index contributed by atoms with van der Waals surface area (Å²) in [6, 6.07) is 11.0. The zero-order chi connectivity index (χ0) is 17.6. The van der Waals surface area contributed by atoms with Gasteiger partial charge >= 0.3 is 0 Å². The number of halogens is 1. The Kier molecular flexibility index (Phi) is 6.02. The van der Waals surface area contributed by atoms with Crippen LogP contribution in [0.2, 0.25) is 5.02 Å². The fraction of sp³-hybridized carbons (Fsp3) is 0.368. The maximum Gasteiger partial charge on any atom is 0.224 e. The molecule has 6 heteroatoms. The number of rotatable bonds is 5. The van der Waals surface area contributed by atoms with Crippen LogP contribution in [0.25, 0.3) is 0 Å². The quantitative estimate of drug-likeness (QED) is 0.857. The number of amides is 1. The van der Waals surface area contributed by atoms with E-state index in [9.17, 15) is 9.90 Å². The van der Waals surface area contributed by atoms with Gasteiger partial charge in [-0.1, -0.05) is 35.9 Å². The SMILES string of the molecule is O=C(Cc1ccccc1Cl)N[C@@H]1CCN(Cc2cccnc2)C[C@H]1O. The van der Waals surface area contributed by atoms with Crippen LogP contribution in [-0.2, 0) is 17.8 Å². The summed E-state index contributed by atoms with van der Waals surface area (Å²) in [5, 5.41) is 13.9. The van der Waals surface area contributed by atoms with Gasteiger partial charge in [0.25, 0.3) is 0 Å². The summed E-state index contributed by atoms with van der Waals surface area (Å²) in [6.07, 6.45) is 3.95. The van der Waals surface area contributed by atoms with Crippen LogP contribution in [0.5, 0.6) is 0 Å². The summed E-state index contributed by atoms with van der Waals surface area (Å²) >= 11 is 6.09. The first-order valence-electron chi connectivity index (χ1n) is 8.44. The van der Waals surface area contributed by atoms with Crippen molar-refractivity contribution in [1.29, 1.82) is 0 Å². The Hall–Kier alpha value is -1.95. The maximum absolute atomic E-state index is 12.2. The lowest BCUT2D eigenvalue weighted by molar-refractivity contribution is -0.122. The predicted octanol–water partition coefficient (Wildman–Crippen LogP) is 2.03. The van der Waals surface area contributed by atoms with Crippen molar-refractivity contribution in [2.45, 2.75) is 31.5 Å². The third kappa shape index (κ3) is 5.01. The van der Waals surface area contributed by atoms with Crippen molar-refractivity contribution < 1.29 is 9.90 Å². The van der Waals surface area contributed by atoms with Crippen molar-refractivity contribution in [3.63, 3.8) is 0 Å². The average Bonchev–Trinajstić information content (AvgIpc) is 2.60. The van der Waals surface area contributed by atoms with E-state index in [2.05, 4.69) is 15.2 Å². The molecule has 0 unspecified atom stereocenters.